The van der Waals surface area contributed by atoms with Gasteiger partial charge in [0.1, 0.15) is 17.7 Å². The molecule has 2 aromatic rings. The molecule has 0 bridgehead atoms. The van der Waals surface area contributed by atoms with Crippen LogP contribution in [0, 0.1) is 5.82 Å². The maximum absolute atomic E-state index is 13.1. The predicted octanol–water partition coefficient (Wildman–Crippen LogP) is 3.01. The van der Waals surface area contributed by atoms with Gasteiger partial charge in [0.15, 0.2) is 0 Å². The Kier molecular flexibility index (Phi) is 5.63. The molecule has 22 heavy (non-hydrogen) atoms. The monoisotopic (exact) mass is 304 g/mol. The van der Waals surface area contributed by atoms with Gasteiger partial charge in [0.05, 0.1) is 17.9 Å². The Morgan fingerprint density at radius 2 is 1.95 bits per heavy atom. The molecule has 0 saturated heterocycles. The number of aromatic nitrogens is 3. The van der Waals surface area contributed by atoms with Crippen molar-refractivity contribution in [3.8, 4) is 5.75 Å². The van der Waals surface area contributed by atoms with Gasteiger partial charge in [0.25, 0.3) is 0 Å². The second-order valence-corrected chi connectivity index (χ2v) is 5.00. The fourth-order valence-corrected chi connectivity index (χ4v) is 2.06. The van der Waals surface area contributed by atoms with Crippen LogP contribution in [0.5, 0.6) is 5.75 Å². The number of hydrogen-bond donors (Lipinski definition) is 1. The van der Waals surface area contributed by atoms with Crippen molar-refractivity contribution >= 4 is 5.95 Å². The first-order valence-corrected chi connectivity index (χ1v) is 7.51. The zero-order valence-electron chi connectivity index (χ0n) is 13.1. The van der Waals surface area contributed by atoms with E-state index in [0.29, 0.717) is 18.2 Å². The molecule has 1 N–H and O–H groups in total. The van der Waals surface area contributed by atoms with Crippen molar-refractivity contribution in [1.29, 1.82) is 0 Å². The summed E-state index contributed by atoms with van der Waals surface area (Å²) in [6.45, 7) is 6.48. The summed E-state index contributed by atoms with van der Waals surface area (Å²) in [5.41, 5.74) is 1.89. The van der Waals surface area contributed by atoms with Crippen molar-refractivity contribution in [3.63, 3.8) is 0 Å². The minimum atomic E-state index is -0.312. The molecule has 0 spiro atoms. The van der Waals surface area contributed by atoms with Crippen molar-refractivity contribution in [1.82, 2.24) is 15.2 Å². The molecule has 0 fully saturated rings. The number of hydrogen-bond acceptors (Lipinski definition) is 5. The SMILES string of the molecule is CCc1nnc(NCC(C)Oc2cccc(F)c2)nc1CC. The molecule has 0 radical (unpaired) electrons. The Bertz CT molecular complexity index is 621. The number of ether oxygens (including phenoxy) is 1. The average molecular weight is 304 g/mol. The van der Waals surface area contributed by atoms with Crippen LogP contribution in [0.4, 0.5) is 10.3 Å². The van der Waals surface area contributed by atoms with Crippen LogP contribution in [-0.4, -0.2) is 27.8 Å². The lowest BCUT2D eigenvalue weighted by Gasteiger charge is -2.15. The third-order valence-electron chi connectivity index (χ3n) is 3.19. The molecule has 0 amide bonds. The smallest absolute Gasteiger partial charge is 0.243 e. The molecule has 1 atom stereocenters. The van der Waals surface area contributed by atoms with Crippen LogP contribution in [0.1, 0.15) is 32.2 Å². The van der Waals surface area contributed by atoms with E-state index in [-0.39, 0.29) is 11.9 Å². The van der Waals surface area contributed by atoms with Gasteiger partial charge < -0.3 is 10.1 Å². The van der Waals surface area contributed by atoms with Crippen molar-refractivity contribution in [2.75, 3.05) is 11.9 Å². The molecule has 1 aromatic carbocycles. The quantitative estimate of drug-likeness (QED) is 0.852. The lowest BCUT2D eigenvalue weighted by Crippen LogP contribution is -2.24. The van der Waals surface area contributed by atoms with Crippen LogP contribution in [0.25, 0.3) is 0 Å². The topological polar surface area (TPSA) is 59.9 Å². The first kappa shape index (κ1) is 16.1. The van der Waals surface area contributed by atoms with E-state index in [2.05, 4.69) is 20.5 Å². The second kappa shape index (κ2) is 7.68. The predicted molar refractivity (Wildman–Crippen MR) is 83.6 cm³/mol. The molecule has 1 aromatic heterocycles. The Labute approximate surface area is 129 Å². The molecule has 0 saturated carbocycles. The molecule has 6 heteroatoms. The minimum absolute atomic E-state index is 0.152. The molecule has 1 unspecified atom stereocenters. The van der Waals surface area contributed by atoms with E-state index in [1.165, 1.54) is 12.1 Å². The van der Waals surface area contributed by atoms with E-state index in [4.69, 9.17) is 4.74 Å². The minimum Gasteiger partial charge on any atom is -0.489 e. The second-order valence-electron chi connectivity index (χ2n) is 5.00. The molecule has 0 aliphatic rings. The molecule has 0 aliphatic carbocycles. The van der Waals surface area contributed by atoms with Gasteiger partial charge in [-0.3, -0.25) is 0 Å². The number of halogens is 1. The largest absolute Gasteiger partial charge is 0.489 e. The number of nitrogens with one attached hydrogen (secondary N) is 1. The average Bonchev–Trinajstić information content (AvgIpc) is 2.52. The Hall–Kier alpha value is -2.24. The summed E-state index contributed by atoms with van der Waals surface area (Å²) in [6.07, 6.45) is 1.49. The summed E-state index contributed by atoms with van der Waals surface area (Å²) >= 11 is 0. The zero-order chi connectivity index (χ0) is 15.9. The van der Waals surface area contributed by atoms with E-state index in [1.54, 1.807) is 12.1 Å². The molecule has 1 heterocycles. The van der Waals surface area contributed by atoms with Crippen LogP contribution in [-0.2, 0) is 12.8 Å². The summed E-state index contributed by atoms with van der Waals surface area (Å²) in [5.74, 6) is 0.681. The van der Waals surface area contributed by atoms with Gasteiger partial charge in [-0.05, 0) is 31.9 Å². The maximum atomic E-state index is 13.1. The van der Waals surface area contributed by atoms with E-state index in [1.807, 2.05) is 20.8 Å². The zero-order valence-corrected chi connectivity index (χ0v) is 13.1. The van der Waals surface area contributed by atoms with Crippen molar-refractivity contribution < 1.29 is 9.13 Å². The lowest BCUT2D eigenvalue weighted by atomic mass is 10.2. The number of rotatable bonds is 7. The lowest BCUT2D eigenvalue weighted by molar-refractivity contribution is 0.233. The molecular weight excluding hydrogens is 283 g/mol. The van der Waals surface area contributed by atoms with Gasteiger partial charge in [-0.1, -0.05) is 19.9 Å². The van der Waals surface area contributed by atoms with E-state index < -0.39 is 0 Å². The summed E-state index contributed by atoms with van der Waals surface area (Å²) < 4.78 is 18.7. The molecule has 0 aliphatic heterocycles. The van der Waals surface area contributed by atoms with Gasteiger partial charge in [0.2, 0.25) is 5.95 Å². The van der Waals surface area contributed by atoms with Gasteiger partial charge in [0, 0.05) is 6.07 Å². The first-order valence-electron chi connectivity index (χ1n) is 7.51. The van der Waals surface area contributed by atoms with Crippen LogP contribution in [0.2, 0.25) is 0 Å². The summed E-state index contributed by atoms with van der Waals surface area (Å²) in [7, 11) is 0. The number of nitrogens with zero attached hydrogens (tertiary/aromatic N) is 3. The van der Waals surface area contributed by atoms with Gasteiger partial charge in [-0.15, -0.1) is 5.10 Å². The van der Waals surface area contributed by atoms with Crippen molar-refractivity contribution in [2.45, 2.75) is 39.7 Å². The van der Waals surface area contributed by atoms with Crippen molar-refractivity contribution in [2.24, 2.45) is 0 Å². The summed E-state index contributed by atoms with van der Waals surface area (Å²) in [4.78, 5) is 4.45. The third-order valence-corrected chi connectivity index (χ3v) is 3.19. The fraction of sp³-hybridized carbons (Fsp3) is 0.438. The number of benzene rings is 1. The third kappa shape index (κ3) is 4.38. The Balaban J connectivity index is 1.92. The normalized spacial score (nSPS) is 12.0. The summed E-state index contributed by atoms with van der Waals surface area (Å²) in [6, 6.07) is 6.09. The number of anilines is 1. The molecular formula is C16H21FN4O. The van der Waals surface area contributed by atoms with Gasteiger partial charge >= 0.3 is 0 Å². The van der Waals surface area contributed by atoms with Crippen LogP contribution in [0.15, 0.2) is 24.3 Å². The Morgan fingerprint density at radius 3 is 2.64 bits per heavy atom. The highest BCUT2D eigenvalue weighted by molar-refractivity contribution is 5.26. The first-order chi connectivity index (χ1) is 10.6. The fourth-order valence-electron chi connectivity index (χ4n) is 2.06. The highest BCUT2D eigenvalue weighted by Crippen LogP contribution is 2.14. The van der Waals surface area contributed by atoms with Gasteiger partial charge in [-0.2, -0.15) is 5.10 Å². The van der Waals surface area contributed by atoms with Crippen molar-refractivity contribution in [3.05, 3.63) is 41.5 Å². The van der Waals surface area contributed by atoms with Gasteiger partial charge in [-0.25, -0.2) is 9.37 Å². The van der Waals surface area contributed by atoms with E-state index >= 15 is 0 Å². The van der Waals surface area contributed by atoms with Crippen LogP contribution < -0.4 is 10.1 Å². The highest BCUT2D eigenvalue weighted by Gasteiger charge is 2.09. The van der Waals surface area contributed by atoms with Crippen LogP contribution in [0.3, 0.4) is 0 Å². The molecule has 118 valence electrons. The summed E-state index contributed by atoms with van der Waals surface area (Å²) in [5, 5.41) is 11.3. The highest BCUT2D eigenvalue weighted by atomic mass is 19.1. The Morgan fingerprint density at radius 1 is 1.18 bits per heavy atom. The maximum Gasteiger partial charge on any atom is 0.243 e. The molecule has 2 rings (SSSR count). The van der Waals surface area contributed by atoms with E-state index in [9.17, 15) is 4.39 Å². The number of aryl methyl sites for hydroxylation is 2. The van der Waals surface area contributed by atoms with Crippen LogP contribution >= 0.6 is 0 Å². The molecule has 5 nitrogen and oxygen atoms in total. The standard InChI is InChI=1S/C16H21FN4O/c1-4-14-15(5-2)20-21-16(19-14)18-10-11(3)22-13-8-6-7-12(17)9-13/h6-9,11H,4-5,10H2,1-3H3,(H,18,19,21). The van der Waals surface area contributed by atoms with E-state index in [0.717, 1.165) is 24.2 Å².